The van der Waals surface area contributed by atoms with E-state index in [1.165, 1.54) is 0 Å². The third-order valence-electron chi connectivity index (χ3n) is 2.04. The van der Waals surface area contributed by atoms with Crippen LogP contribution in [0, 0.1) is 0 Å². The van der Waals surface area contributed by atoms with Crippen molar-refractivity contribution in [2.75, 3.05) is 12.8 Å². The van der Waals surface area contributed by atoms with E-state index in [9.17, 15) is 0 Å². The number of hydrogen-bond donors (Lipinski definition) is 1. The van der Waals surface area contributed by atoms with E-state index < -0.39 is 0 Å². The molecule has 0 aliphatic rings. The van der Waals surface area contributed by atoms with Gasteiger partial charge in [-0.15, -0.1) is 0 Å². The Morgan fingerprint density at radius 2 is 2.13 bits per heavy atom. The van der Waals surface area contributed by atoms with E-state index in [4.69, 9.17) is 10.5 Å². The first-order chi connectivity index (χ1) is 7.29. The molecule has 0 aliphatic carbocycles. The summed E-state index contributed by atoms with van der Waals surface area (Å²) in [6.45, 7) is 0. The number of nitrogen functional groups attached to an aromatic ring is 1. The maximum absolute atomic E-state index is 5.51. The van der Waals surface area contributed by atoms with Crippen molar-refractivity contribution in [1.29, 1.82) is 0 Å². The highest BCUT2D eigenvalue weighted by molar-refractivity contribution is 5.61. The van der Waals surface area contributed by atoms with Gasteiger partial charge in [0.2, 0.25) is 5.95 Å². The Kier molecular flexibility index (Phi) is 2.49. The van der Waals surface area contributed by atoms with Crippen molar-refractivity contribution in [3.63, 3.8) is 0 Å². The SMILES string of the molecule is COc1cccc(-c2ccnc(N)n2)c1. The minimum absolute atomic E-state index is 0.273. The van der Waals surface area contributed by atoms with Crippen LogP contribution in [0.2, 0.25) is 0 Å². The average Bonchev–Trinajstić information content (AvgIpc) is 2.29. The summed E-state index contributed by atoms with van der Waals surface area (Å²) >= 11 is 0. The fourth-order valence-electron chi connectivity index (χ4n) is 1.32. The van der Waals surface area contributed by atoms with Crippen LogP contribution in [0.4, 0.5) is 5.95 Å². The molecule has 0 spiro atoms. The van der Waals surface area contributed by atoms with Gasteiger partial charge in [0.05, 0.1) is 12.8 Å². The monoisotopic (exact) mass is 201 g/mol. The van der Waals surface area contributed by atoms with Gasteiger partial charge in [-0.1, -0.05) is 12.1 Å². The first-order valence-corrected chi connectivity index (χ1v) is 4.52. The first-order valence-electron chi connectivity index (χ1n) is 4.52. The van der Waals surface area contributed by atoms with E-state index in [-0.39, 0.29) is 5.95 Å². The molecular formula is C11H11N3O. The number of ether oxygens (including phenoxy) is 1. The number of methoxy groups -OCH3 is 1. The lowest BCUT2D eigenvalue weighted by Gasteiger charge is -2.03. The largest absolute Gasteiger partial charge is 0.497 e. The molecule has 76 valence electrons. The van der Waals surface area contributed by atoms with Crippen molar-refractivity contribution in [3.8, 4) is 17.0 Å². The quantitative estimate of drug-likeness (QED) is 0.803. The minimum Gasteiger partial charge on any atom is -0.497 e. The van der Waals surface area contributed by atoms with E-state index in [1.54, 1.807) is 13.3 Å². The Morgan fingerprint density at radius 1 is 1.27 bits per heavy atom. The molecule has 0 fully saturated rings. The predicted octanol–water partition coefficient (Wildman–Crippen LogP) is 1.73. The summed E-state index contributed by atoms with van der Waals surface area (Å²) in [4.78, 5) is 7.97. The van der Waals surface area contributed by atoms with Crippen molar-refractivity contribution in [3.05, 3.63) is 36.5 Å². The highest BCUT2D eigenvalue weighted by atomic mass is 16.5. The standard InChI is InChI=1S/C11H11N3O/c1-15-9-4-2-3-8(7-9)10-5-6-13-11(12)14-10/h2-7H,1H3,(H2,12,13,14). The van der Waals surface area contributed by atoms with Crippen molar-refractivity contribution < 1.29 is 4.74 Å². The average molecular weight is 201 g/mol. The Labute approximate surface area is 87.7 Å². The van der Waals surface area contributed by atoms with E-state index in [1.807, 2.05) is 30.3 Å². The minimum atomic E-state index is 0.273. The van der Waals surface area contributed by atoms with Gasteiger partial charge >= 0.3 is 0 Å². The van der Waals surface area contributed by atoms with Crippen LogP contribution < -0.4 is 10.5 Å². The lowest BCUT2D eigenvalue weighted by Crippen LogP contribution is -1.95. The van der Waals surface area contributed by atoms with Gasteiger partial charge in [0.1, 0.15) is 5.75 Å². The first kappa shape index (κ1) is 9.45. The molecule has 15 heavy (non-hydrogen) atoms. The second-order valence-corrected chi connectivity index (χ2v) is 3.03. The van der Waals surface area contributed by atoms with E-state index >= 15 is 0 Å². The van der Waals surface area contributed by atoms with Gasteiger partial charge < -0.3 is 10.5 Å². The highest BCUT2D eigenvalue weighted by Gasteiger charge is 2.01. The van der Waals surface area contributed by atoms with Gasteiger partial charge in [-0.3, -0.25) is 0 Å². The van der Waals surface area contributed by atoms with Crippen molar-refractivity contribution >= 4 is 5.95 Å². The van der Waals surface area contributed by atoms with Gasteiger partial charge in [-0.05, 0) is 18.2 Å². The molecule has 1 aromatic heterocycles. The van der Waals surface area contributed by atoms with E-state index in [2.05, 4.69) is 9.97 Å². The predicted molar refractivity (Wildman–Crippen MR) is 58.4 cm³/mol. The Morgan fingerprint density at radius 3 is 2.87 bits per heavy atom. The van der Waals surface area contributed by atoms with Gasteiger partial charge in [0, 0.05) is 11.8 Å². The summed E-state index contributed by atoms with van der Waals surface area (Å²) in [7, 11) is 1.63. The summed E-state index contributed by atoms with van der Waals surface area (Å²) in [5, 5.41) is 0. The molecule has 0 bridgehead atoms. The van der Waals surface area contributed by atoms with Crippen LogP contribution in [0.25, 0.3) is 11.3 Å². The topological polar surface area (TPSA) is 61.0 Å². The molecule has 4 nitrogen and oxygen atoms in total. The fourth-order valence-corrected chi connectivity index (χ4v) is 1.32. The molecule has 0 saturated carbocycles. The van der Waals surface area contributed by atoms with E-state index in [0.717, 1.165) is 17.0 Å². The molecule has 2 aromatic rings. The number of benzene rings is 1. The van der Waals surface area contributed by atoms with Crippen molar-refractivity contribution in [2.24, 2.45) is 0 Å². The molecular weight excluding hydrogens is 190 g/mol. The number of rotatable bonds is 2. The highest BCUT2D eigenvalue weighted by Crippen LogP contribution is 2.21. The second kappa shape index (κ2) is 3.96. The molecule has 1 heterocycles. The number of aromatic nitrogens is 2. The third-order valence-corrected chi connectivity index (χ3v) is 2.04. The van der Waals surface area contributed by atoms with Crippen LogP contribution >= 0.6 is 0 Å². The third kappa shape index (κ3) is 2.04. The van der Waals surface area contributed by atoms with Gasteiger partial charge in [-0.25, -0.2) is 9.97 Å². The summed E-state index contributed by atoms with van der Waals surface area (Å²) in [6, 6.07) is 9.46. The molecule has 0 radical (unpaired) electrons. The maximum atomic E-state index is 5.51. The van der Waals surface area contributed by atoms with Gasteiger partial charge in [0.15, 0.2) is 0 Å². The second-order valence-electron chi connectivity index (χ2n) is 3.03. The Balaban J connectivity index is 2.44. The molecule has 0 aliphatic heterocycles. The zero-order chi connectivity index (χ0) is 10.7. The van der Waals surface area contributed by atoms with Crippen LogP contribution in [0.15, 0.2) is 36.5 Å². The summed E-state index contributed by atoms with van der Waals surface area (Å²) in [5.74, 6) is 1.07. The Hall–Kier alpha value is -2.10. The maximum Gasteiger partial charge on any atom is 0.220 e. The number of nitrogens with zero attached hydrogens (tertiary/aromatic N) is 2. The normalized spacial score (nSPS) is 9.93. The molecule has 2 N–H and O–H groups in total. The lowest BCUT2D eigenvalue weighted by molar-refractivity contribution is 0.415. The number of nitrogens with two attached hydrogens (primary N) is 1. The van der Waals surface area contributed by atoms with Crippen LogP contribution in [-0.4, -0.2) is 17.1 Å². The zero-order valence-electron chi connectivity index (χ0n) is 8.34. The van der Waals surface area contributed by atoms with Crippen LogP contribution in [0.3, 0.4) is 0 Å². The fraction of sp³-hybridized carbons (Fsp3) is 0.0909. The van der Waals surface area contributed by atoms with Gasteiger partial charge in [-0.2, -0.15) is 0 Å². The molecule has 2 rings (SSSR count). The molecule has 1 aromatic carbocycles. The van der Waals surface area contributed by atoms with Crippen molar-refractivity contribution in [2.45, 2.75) is 0 Å². The smallest absolute Gasteiger partial charge is 0.220 e. The van der Waals surface area contributed by atoms with E-state index in [0.29, 0.717) is 0 Å². The number of anilines is 1. The molecule has 4 heteroatoms. The van der Waals surface area contributed by atoms with Crippen LogP contribution in [0.1, 0.15) is 0 Å². The molecule has 0 unspecified atom stereocenters. The van der Waals surface area contributed by atoms with Crippen LogP contribution in [0.5, 0.6) is 5.75 Å². The van der Waals surface area contributed by atoms with Gasteiger partial charge in [0.25, 0.3) is 0 Å². The summed E-state index contributed by atoms with van der Waals surface area (Å²) < 4.78 is 5.13. The zero-order valence-corrected chi connectivity index (χ0v) is 8.34. The van der Waals surface area contributed by atoms with Crippen LogP contribution in [-0.2, 0) is 0 Å². The Bertz CT molecular complexity index is 471. The lowest BCUT2D eigenvalue weighted by atomic mass is 10.1. The molecule has 0 atom stereocenters. The summed E-state index contributed by atoms with van der Waals surface area (Å²) in [6.07, 6.45) is 1.64. The van der Waals surface area contributed by atoms with Crippen molar-refractivity contribution in [1.82, 2.24) is 9.97 Å². The number of hydrogen-bond acceptors (Lipinski definition) is 4. The molecule has 0 amide bonds. The molecule has 0 saturated heterocycles. The summed E-state index contributed by atoms with van der Waals surface area (Å²) in [5.41, 5.74) is 7.27.